The van der Waals surface area contributed by atoms with Crippen LogP contribution in [0.25, 0.3) is 10.9 Å². The van der Waals surface area contributed by atoms with Crippen molar-refractivity contribution in [2.45, 2.75) is 0 Å². The molecular formula is C18H13BrCl2N4O3. The Morgan fingerprint density at radius 2 is 1.75 bits per heavy atom. The average Bonchev–Trinajstić information content (AvgIpc) is 3.00. The van der Waals surface area contributed by atoms with Gasteiger partial charge in [-0.2, -0.15) is 0 Å². The molecule has 0 spiro atoms. The van der Waals surface area contributed by atoms with E-state index >= 15 is 0 Å². The molecule has 28 heavy (non-hydrogen) atoms. The van der Waals surface area contributed by atoms with E-state index in [2.05, 4.69) is 32.0 Å². The van der Waals surface area contributed by atoms with Crippen LogP contribution in [-0.4, -0.2) is 29.4 Å². The van der Waals surface area contributed by atoms with E-state index in [1.54, 1.807) is 36.4 Å². The van der Waals surface area contributed by atoms with Crippen molar-refractivity contribution in [1.82, 2.24) is 9.99 Å². The number of hydrogen-bond donors (Lipinski definition) is 3. The van der Waals surface area contributed by atoms with Crippen molar-refractivity contribution in [2.75, 3.05) is 17.8 Å². The Kier molecular flexibility index (Phi) is 5.93. The summed E-state index contributed by atoms with van der Waals surface area (Å²) in [6.45, 7) is 0. The van der Waals surface area contributed by atoms with E-state index in [0.717, 1.165) is 4.47 Å². The maximum atomic E-state index is 12.9. The van der Waals surface area contributed by atoms with Crippen molar-refractivity contribution < 1.29 is 14.4 Å². The molecular weight excluding hydrogens is 471 g/mol. The highest BCUT2D eigenvalue weighted by molar-refractivity contribution is 9.10. The number of carbonyl (C=O) groups is 3. The van der Waals surface area contributed by atoms with Gasteiger partial charge in [-0.25, -0.2) is 4.68 Å². The minimum Gasteiger partial charge on any atom is -0.351 e. The molecule has 3 N–H and O–H groups in total. The molecule has 7 nitrogen and oxygen atoms in total. The third-order valence-corrected chi connectivity index (χ3v) is 4.86. The highest BCUT2D eigenvalue weighted by atomic mass is 79.9. The van der Waals surface area contributed by atoms with Crippen molar-refractivity contribution in [3.8, 4) is 0 Å². The summed E-state index contributed by atoms with van der Waals surface area (Å²) in [5.41, 5.74) is 3.43. The topological polar surface area (TPSA) is 92.2 Å². The maximum Gasteiger partial charge on any atom is 0.328 e. The maximum absolute atomic E-state index is 12.9. The van der Waals surface area contributed by atoms with Crippen LogP contribution in [0.15, 0.2) is 46.9 Å². The fraction of sp³-hybridized carbons (Fsp3) is 0.0556. The number of anilines is 1. The molecule has 0 saturated heterocycles. The Labute approximate surface area is 178 Å². The van der Waals surface area contributed by atoms with Crippen molar-refractivity contribution >= 4 is 73.4 Å². The van der Waals surface area contributed by atoms with E-state index in [1.165, 1.54) is 17.8 Å². The average molecular weight is 484 g/mol. The number of hydrogen-bond acceptors (Lipinski definition) is 3. The van der Waals surface area contributed by atoms with Crippen LogP contribution < -0.4 is 16.1 Å². The number of rotatable bonds is 3. The van der Waals surface area contributed by atoms with E-state index in [-0.39, 0.29) is 10.7 Å². The Bertz CT molecular complexity index is 1110. The van der Waals surface area contributed by atoms with E-state index in [0.29, 0.717) is 21.6 Å². The van der Waals surface area contributed by atoms with Crippen LogP contribution in [0.1, 0.15) is 10.5 Å². The summed E-state index contributed by atoms with van der Waals surface area (Å²) in [7, 11) is 1.34. The van der Waals surface area contributed by atoms with Crippen molar-refractivity contribution in [1.29, 1.82) is 0 Å². The summed E-state index contributed by atoms with van der Waals surface area (Å²) in [6.07, 6.45) is 0. The summed E-state index contributed by atoms with van der Waals surface area (Å²) < 4.78 is 2.04. The van der Waals surface area contributed by atoms with E-state index < -0.39 is 17.7 Å². The van der Waals surface area contributed by atoms with Crippen LogP contribution in [0.4, 0.5) is 5.69 Å². The van der Waals surface area contributed by atoms with Crippen LogP contribution in [0.3, 0.4) is 0 Å². The van der Waals surface area contributed by atoms with Crippen molar-refractivity contribution in [3.05, 3.63) is 62.7 Å². The first-order chi connectivity index (χ1) is 13.3. The fourth-order valence-corrected chi connectivity index (χ4v) is 3.35. The number of halogens is 3. The molecule has 0 radical (unpaired) electrons. The van der Waals surface area contributed by atoms with Gasteiger partial charge in [0.05, 0.1) is 16.2 Å². The molecule has 1 aromatic heterocycles. The van der Waals surface area contributed by atoms with Gasteiger partial charge in [-0.15, -0.1) is 0 Å². The van der Waals surface area contributed by atoms with Gasteiger partial charge in [0.1, 0.15) is 5.69 Å². The van der Waals surface area contributed by atoms with Gasteiger partial charge in [-0.3, -0.25) is 19.8 Å². The molecule has 0 bridgehead atoms. The number of amides is 3. The fourth-order valence-electron chi connectivity index (χ4n) is 2.52. The number of likely N-dealkylation sites (N-methyl/N-ethyl adjacent to an activating group) is 1. The summed E-state index contributed by atoms with van der Waals surface area (Å²) >= 11 is 15.4. The van der Waals surface area contributed by atoms with Gasteiger partial charge in [0, 0.05) is 21.9 Å². The largest absolute Gasteiger partial charge is 0.351 e. The lowest BCUT2D eigenvalue weighted by atomic mass is 10.2. The molecule has 0 aliphatic heterocycles. The number of benzene rings is 2. The van der Waals surface area contributed by atoms with Gasteiger partial charge in [0.25, 0.3) is 5.91 Å². The second kappa shape index (κ2) is 8.22. The van der Waals surface area contributed by atoms with Crippen molar-refractivity contribution in [2.24, 2.45) is 0 Å². The SMILES string of the molecule is CNC(=O)C(=O)Nn1c(C(=O)Nc2ccc(Cl)cc2Cl)cc2cc(Br)ccc21. The molecule has 0 aliphatic rings. The second-order valence-electron chi connectivity index (χ2n) is 5.67. The molecule has 3 aromatic rings. The number of fused-ring (bicyclic) bond motifs is 1. The minimum atomic E-state index is -0.915. The zero-order chi connectivity index (χ0) is 20.4. The first kappa shape index (κ1) is 20.2. The summed E-state index contributed by atoms with van der Waals surface area (Å²) in [5.74, 6) is -2.29. The second-order valence-corrected chi connectivity index (χ2v) is 7.43. The third-order valence-electron chi connectivity index (χ3n) is 3.82. The molecule has 0 saturated carbocycles. The summed E-state index contributed by atoms with van der Waals surface area (Å²) in [6, 6.07) is 11.5. The van der Waals surface area contributed by atoms with Gasteiger partial charge in [0.15, 0.2) is 0 Å². The number of aromatic nitrogens is 1. The lowest BCUT2D eigenvalue weighted by Crippen LogP contribution is -2.38. The van der Waals surface area contributed by atoms with Gasteiger partial charge >= 0.3 is 11.8 Å². The predicted molar refractivity (Wildman–Crippen MR) is 112 cm³/mol. The molecule has 0 atom stereocenters. The quantitative estimate of drug-likeness (QED) is 0.495. The number of carbonyl (C=O) groups excluding carboxylic acids is 3. The van der Waals surface area contributed by atoms with Crippen LogP contribution in [0.2, 0.25) is 10.0 Å². The third kappa shape index (κ3) is 4.14. The van der Waals surface area contributed by atoms with Gasteiger partial charge in [-0.1, -0.05) is 39.1 Å². The summed E-state index contributed by atoms with van der Waals surface area (Å²) in [5, 5.41) is 6.28. The molecule has 144 valence electrons. The molecule has 0 aliphatic carbocycles. The van der Waals surface area contributed by atoms with Crippen LogP contribution in [0.5, 0.6) is 0 Å². The molecule has 3 rings (SSSR count). The lowest BCUT2D eigenvalue weighted by molar-refractivity contribution is -0.136. The molecule has 0 unspecified atom stereocenters. The van der Waals surface area contributed by atoms with Gasteiger partial charge < -0.3 is 10.6 Å². The van der Waals surface area contributed by atoms with Crippen LogP contribution in [0, 0.1) is 0 Å². The molecule has 0 fully saturated rings. The first-order valence-electron chi connectivity index (χ1n) is 7.90. The lowest BCUT2D eigenvalue weighted by Gasteiger charge is -2.12. The van der Waals surface area contributed by atoms with Gasteiger partial charge in [-0.05, 0) is 42.5 Å². The Morgan fingerprint density at radius 1 is 1.00 bits per heavy atom. The molecule has 1 heterocycles. The number of nitrogens with zero attached hydrogens (tertiary/aromatic N) is 1. The number of nitrogens with one attached hydrogen (secondary N) is 3. The molecule has 3 amide bonds. The van der Waals surface area contributed by atoms with E-state index in [9.17, 15) is 14.4 Å². The summed E-state index contributed by atoms with van der Waals surface area (Å²) in [4.78, 5) is 36.5. The Hall–Kier alpha value is -2.55. The van der Waals surface area contributed by atoms with E-state index in [4.69, 9.17) is 23.2 Å². The normalized spacial score (nSPS) is 10.6. The zero-order valence-electron chi connectivity index (χ0n) is 14.3. The Morgan fingerprint density at radius 3 is 2.43 bits per heavy atom. The predicted octanol–water partition coefficient (Wildman–Crippen LogP) is 3.78. The monoisotopic (exact) mass is 482 g/mol. The highest BCUT2D eigenvalue weighted by Crippen LogP contribution is 2.27. The molecule has 10 heteroatoms. The smallest absolute Gasteiger partial charge is 0.328 e. The molecule has 2 aromatic carbocycles. The van der Waals surface area contributed by atoms with Crippen LogP contribution >= 0.6 is 39.1 Å². The van der Waals surface area contributed by atoms with Crippen molar-refractivity contribution in [3.63, 3.8) is 0 Å². The standard InChI is InChI=1S/C18H13BrCl2N4O3/c1-22-17(27)18(28)24-25-14-5-2-10(19)6-9(14)7-15(25)16(26)23-13-4-3-11(20)8-12(13)21/h2-8H,1H3,(H,22,27)(H,23,26)(H,24,28). The van der Waals surface area contributed by atoms with Crippen LogP contribution in [-0.2, 0) is 9.59 Å². The zero-order valence-corrected chi connectivity index (χ0v) is 17.4. The van der Waals surface area contributed by atoms with Gasteiger partial charge in [0.2, 0.25) is 0 Å². The minimum absolute atomic E-state index is 0.108. The van der Waals surface area contributed by atoms with E-state index in [1.807, 2.05) is 0 Å². The highest BCUT2D eigenvalue weighted by Gasteiger charge is 2.21. The Balaban J connectivity index is 2.03. The first-order valence-corrected chi connectivity index (χ1v) is 9.45.